The number of para-hydroxylation sites is 1. The second-order valence-electron chi connectivity index (χ2n) is 6.52. The van der Waals surface area contributed by atoms with Crippen LogP contribution in [0.5, 0.6) is 0 Å². The van der Waals surface area contributed by atoms with E-state index in [-0.39, 0.29) is 36.3 Å². The Morgan fingerprint density at radius 2 is 1.92 bits per heavy atom. The lowest BCUT2D eigenvalue weighted by Gasteiger charge is -2.32. The van der Waals surface area contributed by atoms with E-state index < -0.39 is 0 Å². The molecule has 25 heavy (non-hydrogen) atoms. The second kappa shape index (κ2) is 9.05. The monoisotopic (exact) mass is 346 g/mol. The number of carbonyl (C=O) groups excluding carboxylic acids is 3. The van der Waals surface area contributed by atoms with Crippen LogP contribution in [0.2, 0.25) is 0 Å². The normalized spacial score (nSPS) is 17.1. The highest BCUT2D eigenvalue weighted by Gasteiger charge is 2.28. The average molecular weight is 346 g/mol. The van der Waals surface area contributed by atoms with Gasteiger partial charge in [0.25, 0.3) is 0 Å². The van der Waals surface area contributed by atoms with Crippen LogP contribution in [0.3, 0.4) is 0 Å². The molecule has 2 rings (SSSR count). The molecule has 0 spiro atoms. The number of nitrogens with one attached hydrogen (secondary N) is 3. The molecule has 136 valence electrons. The van der Waals surface area contributed by atoms with Crippen molar-refractivity contribution in [3.05, 3.63) is 30.3 Å². The number of nitrogens with zero attached hydrogens (tertiary/aromatic N) is 1. The first kappa shape index (κ1) is 18.8. The molecule has 1 aromatic rings. The summed E-state index contributed by atoms with van der Waals surface area (Å²) in [5.74, 6) is -0.684. The molecule has 7 heteroatoms. The standard InChI is InChI=1S/C18H26N4O3/c1-13(2)20-16(23)11-19-17(24)14-7-6-10-22(12-14)18(25)21-15-8-4-3-5-9-15/h3-5,8-9,13-14H,6-7,10-12H2,1-2H3,(H,19,24)(H,20,23)(H,21,25)/t14-/m1/s1. The van der Waals surface area contributed by atoms with E-state index in [2.05, 4.69) is 16.0 Å². The summed E-state index contributed by atoms with van der Waals surface area (Å²) in [5.41, 5.74) is 0.726. The Bertz CT molecular complexity index is 604. The van der Waals surface area contributed by atoms with Gasteiger partial charge in [-0.15, -0.1) is 0 Å². The second-order valence-corrected chi connectivity index (χ2v) is 6.52. The van der Waals surface area contributed by atoms with E-state index in [1.165, 1.54) is 0 Å². The van der Waals surface area contributed by atoms with Crippen LogP contribution in [-0.4, -0.2) is 48.4 Å². The fraction of sp³-hybridized carbons (Fsp3) is 0.500. The quantitative estimate of drug-likeness (QED) is 0.756. The number of carbonyl (C=O) groups is 3. The van der Waals surface area contributed by atoms with Crippen molar-refractivity contribution in [3.8, 4) is 0 Å². The first-order chi connectivity index (χ1) is 12.0. The molecule has 1 saturated heterocycles. The van der Waals surface area contributed by atoms with Crippen molar-refractivity contribution < 1.29 is 14.4 Å². The van der Waals surface area contributed by atoms with Gasteiger partial charge in [0, 0.05) is 24.8 Å². The third-order valence-electron chi connectivity index (χ3n) is 3.98. The minimum absolute atomic E-state index is 0.0380. The fourth-order valence-electron chi connectivity index (χ4n) is 2.78. The molecule has 1 aromatic carbocycles. The van der Waals surface area contributed by atoms with Crippen molar-refractivity contribution in [1.29, 1.82) is 0 Å². The summed E-state index contributed by atoms with van der Waals surface area (Å²) in [6.45, 7) is 4.67. The third kappa shape index (κ3) is 6.10. The predicted octanol–water partition coefficient (Wildman–Crippen LogP) is 1.57. The van der Waals surface area contributed by atoms with Gasteiger partial charge in [0.15, 0.2) is 0 Å². The van der Waals surface area contributed by atoms with Crippen molar-refractivity contribution in [2.45, 2.75) is 32.7 Å². The van der Waals surface area contributed by atoms with Crippen LogP contribution >= 0.6 is 0 Å². The lowest BCUT2D eigenvalue weighted by Crippen LogP contribution is -2.48. The fourth-order valence-corrected chi connectivity index (χ4v) is 2.78. The summed E-state index contributed by atoms with van der Waals surface area (Å²) in [7, 11) is 0. The zero-order chi connectivity index (χ0) is 18.2. The zero-order valence-electron chi connectivity index (χ0n) is 14.7. The molecule has 4 amide bonds. The molecule has 1 heterocycles. The number of piperidine rings is 1. The Morgan fingerprint density at radius 3 is 2.60 bits per heavy atom. The highest BCUT2D eigenvalue weighted by Crippen LogP contribution is 2.18. The van der Waals surface area contributed by atoms with Crippen molar-refractivity contribution in [2.24, 2.45) is 5.92 Å². The van der Waals surface area contributed by atoms with Crippen LogP contribution in [0.4, 0.5) is 10.5 Å². The number of rotatable bonds is 5. The van der Waals surface area contributed by atoms with Gasteiger partial charge >= 0.3 is 6.03 Å². The van der Waals surface area contributed by atoms with E-state index >= 15 is 0 Å². The Labute approximate surface area is 148 Å². The predicted molar refractivity (Wildman–Crippen MR) is 96.0 cm³/mol. The van der Waals surface area contributed by atoms with Crippen LogP contribution in [0.25, 0.3) is 0 Å². The van der Waals surface area contributed by atoms with Gasteiger partial charge in [-0.2, -0.15) is 0 Å². The van der Waals surface area contributed by atoms with Gasteiger partial charge in [-0.25, -0.2) is 4.79 Å². The van der Waals surface area contributed by atoms with E-state index in [0.717, 1.165) is 12.1 Å². The van der Waals surface area contributed by atoms with Gasteiger partial charge in [0.2, 0.25) is 11.8 Å². The Morgan fingerprint density at radius 1 is 1.20 bits per heavy atom. The summed E-state index contributed by atoms with van der Waals surface area (Å²) < 4.78 is 0. The summed E-state index contributed by atoms with van der Waals surface area (Å²) >= 11 is 0. The molecule has 0 aromatic heterocycles. The number of amides is 4. The van der Waals surface area contributed by atoms with Gasteiger partial charge in [0.05, 0.1) is 12.5 Å². The highest BCUT2D eigenvalue weighted by atomic mass is 16.2. The van der Waals surface area contributed by atoms with Crippen LogP contribution in [0.15, 0.2) is 30.3 Å². The number of benzene rings is 1. The Balaban J connectivity index is 1.82. The summed E-state index contributed by atoms with van der Waals surface area (Å²) in [6.07, 6.45) is 1.48. The smallest absolute Gasteiger partial charge is 0.321 e. The molecule has 1 atom stereocenters. The molecule has 0 bridgehead atoms. The van der Waals surface area contributed by atoms with Crippen molar-refractivity contribution in [1.82, 2.24) is 15.5 Å². The minimum atomic E-state index is -0.290. The number of hydrogen-bond acceptors (Lipinski definition) is 3. The Kier molecular flexibility index (Phi) is 6.80. The van der Waals surface area contributed by atoms with E-state index in [0.29, 0.717) is 19.5 Å². The van der Waals surface area contributed by atoms with E-state index in [1.54, 1.807) is 4.90 Å². The maximum atomic E-state index is 12.3. The molecule has 0 unspecified atom stereocenters. The molecule has 1 aliphatic rings. The number of urea groups is 1. The number of hydrogen-bond donors (Lipinski definition) is 3. The lowest BCUT2D eigenvalue weighted by atomic mass is 9.97. The summed E-state index contributed by atoms with van der Waals surface area (Å²) in [5, 5.41) is 8.22. The van der Waals surface area contributed by atoms with Crippen molar-refractivity contribution in [3.63, 3.8) is 0 Å². The Hall–Kier alpha value is -2.57. The lowest BCUT2D eigenvalue weighted by molar-refractivity contribution is -0.129. The molecular weight excluding hydrogens is 320 g/mol. The SMILES string of the molecule is CC(C)NC(=O)CNC(=O)[C@@H]1CCCN(C(=O)Nc2ccccc2)C1. The molecule has 7 nitrogen and oxygen atoms in total. The molecule has 0 saturated carbocycles. The van der Waals surface area contributed by atoms with E-state index in [9.17, 15) is 14.4 Å². The largest absolute Gasteiger partial charge is 0.352 e. The topological polar surface area (TPSA) is 90.5 Å². The van der Waals surface area contributed by atoms with Crippen LogP contribution in [0.1, 0.15) is 26.7 Å². The van der Waals surface area contributed by atoms with Gasteiger partial charge in [-0.05, 0) is 38.8 Å². The molecule has 1 aliphatic heterocycles. The third-order valence-corrected chi connectivity index (χ3v) is 3.98. The molecule has 0 aliphatic carbocycles. The van der Waals surface area contributed by atoms with Crippen LogP contribution < -0.4 is 16.0 Å². The highest BCUT2D eigenvalue weighted by molar-refractivity contribution is 5.90. The van der Waals surface area contributed by atoms with Gasteiger partial charge < -0.3 is 20.9 Å². The molecule has 3 N–H and O–H groups in total. The summed E-state index contributed by atoms with van der Waals surface area (Å²) in [6, 6.07) is 9.05. The zero-order valence-corrected chi connectivity index (χ0v) is 14.7. The van der Waals surface area contributed by atoms with Gasteiger partial charge in [-0.1, -0.05) is 18.2 Å². The first-order valence-corrected chi connectivity index (χ1v) is 8.63. The van der Waals surface area contributed by atoms with Gasteiger partial charge in [0.1, 0.15) is 0 Å². The van der Waals surface area contributed by atoms with Crippen molar-refractivity contribution >= 4 is 23.5 Å². The summed E-state index contributed by atoms with van der Waals surface area (Å²) in [4.78, 5) is 37.9. The molecule has 1 fully saturated rings. The molecular formula is C18H26N4O3. The average Bonchev–Trinajstić information content (AvgIpc) is 2.60. The first-order valence-electron chi connectivity index (χ1n) is 8.63. The maximum Gasteiger partial charge on any atom is 0.321 e. The van der Waals surface area contributed by atoms with Crippen LogP contribution in [-0.2, 0) is 9.59 Å². The van der Waals surface area contributed by atoms with Gasteiger partial charge in [-0.3, -0.25) is 9.59 Å². The van der Waals surface area contributed by atoms with E-state index in [4.69, 9.17) is 0 Å². The van der Waals surface area contributed by atoms with Crippen LogP contribution in [0, 0.1) is 5.92 Å². The molecule has 0 radical (unpaired) electrons. The number of likely N-dealkylation sites (tertiary alicyclic amines) is 1. The van der Waals surface area contributed by atoms with E-state index in [1.807, 2.05) is 44.2 Å². The maximum absolute atomic E-state index is 12.3. The number of anilines is 1. The van der Waals surface area contributed by atoms with Crippen molar-refractivity contribution in [2.75, 3.05) is 25.0 Å². The minimum Gasteiger partial charge on any atom is -0.352 e.